The highest BCUT2D eigenvalue weighted by molar-refractivity contribution is 6.14. The number of hydrogen-bond donors (Lipinski definition) is 1. The second-order valence-corrected chi connectivity index (χ2v) is 11.3. The fourth-order valence-corrected chi connectivity index (χ4v) is 6.05. The number of nitrogens with zero attached hydrogens (tertiary/aromatic N) is 9. The second-order valence-electron chi connectivity index (χ2n) is 11.3. The predicted molar refractivity (Wildman–Crippen MR) is 165 cm³/mol. The Hall–Kier alpha value is -4.16. The summed E-state index contributed by atoms with van der Waals surface area (Å²) in [6.45, 7) is 7.46. The van der Waals surface area contributed by atoms with Crippen LogP contribution < -0.4 is 15.8 Å². The number of likely N-dealkylation sites (N-methyl/N-ethyl adjacent to an activating group) is 1. The highest BCUT2D eigenvalue weighted by atomic mass is 16.5. The maximum atomic E-state index is 14.1. The van der Waals surface area contributed by atoms with Gasteiger partial charge >= 0.3 is 0 Å². The molecule has 2 fully saturated rings. The number of benzene rings is 1. The lowest BCUT2D eigenvalue weighted by Crippen LogP contribution is -2.44. The number of rotatable bonds is 6. The highest BCUT2D eigenvalue weighted by Crippen LogP contribution is 2.24. The minimum atomic E-state index is -0.0969. The topological polar surface area (TPSA) is 116 Å². The van der Waals surface area contributed by atoms with Gasteiger partial charge < -0.3 is 24.8 Å². The van der Waals surface area contributed by atoms with Gasteiger partial charge in [-0.05, 0) is 56.1 Å². The SMILES string of the molecule is CN1CCN(c2ccc(Nc3ncc4cc(C5=NCCN5C5=NN=CC5)c(=O)n(CC5CCOCC5)c4n3)cc2)CC1. The van der Waals surface area contributed by atoms with E-state index in [1.807, 2.05) is 15.5 Å². The van der Waals surface area contributed by atoms with Crippen LogP contribution in [0, 0.1) is 5.92 Å². The number of amidine groups is 2. The zero-order valence-corrected chi connectivity index (χ0v) is 23.9. The zero-order valence-electron chi connectivity index (χ0n) is 23.9. The molecule has 7 rings (SSSR count). The molecule has 4 aliphatic heterocycles. The van der Waals surface area contributed by atoms with E-state index in [1.165, 1.54) is 5.69 Å². The van der Waals surface area contributed by atoms with Gasteiger partial charge in [0.25, 0.3) is 5.56 Å². The molecule has 12 nitrogen and oxygen atoms in total. The fraction of sp³-hybridized carbons (Fsp3) is 0.467. The van der Waals surface area contributed by atoms with Crippen LogP contribution in [0.2, 0.25) is 0 Å². The third kappa shape index (κ3) is 5.39. The maximum absolute atomic E-state index is 14.1. The molecule has 0 unspecified atom stereocenters. The van der Waals surface area contributed by atoms with Gasteiger partial charge in [0, 0.05) is 88.1 Å². The fourth-order valence-electron chi connectivity index (χ4n) is 6.05. The van der Waals surface area contributed by atoms with Crippen molar-refractivity contribution in [3.63, 3.8) is 0 Å². The zero-order chi connectivity index (χ0) is 28.5. The molecule has 3 aromatic rings. The molecule has 2 aromatic heterocycles. The summed E-state index contributed by atoms with van der Waals surface area (Å²) in [5.74, 6) is 2.25. The van der Waals surface area contributed by atoms with Gasteiger partial charge in [0.05, 0.1) is 12.1 Å². The van der Waals surface area contributed by atoms with Crippen LogP contribution in [0.15, 0.2) is 56.5 Å². The molecule has 0 saturated carbocycles. The maximum Gasteiger partial charge on any atom is 0.263 e. The molecule has 0 radical (unpaired) electrons. The van der Waals surface area contributed by atoms with Crippen molar-refractivity contribution < 1.29 is 4.74 Å². The summed E-state index contributed by atoms with van der Waals surface area (Å²) in [7, 11) is 2.16. The van der Waals surface area contributed by atoms with Crippen LogP contribution in [-0.4, -0.2) is 102 Å². The molecular weight excluding hydrogens is 532 g/mol. The van der Waals surface area contributed by atoms with E-state index in [0.717, 1.165) is 55.9 Å². The monoisotopic (exact) mass is 568 g/mol. The molecule has 2 saturated heterocycles. The summed E-state index contributed by atoms with van der Waals surface area (Å²) in [5, 5.41) is 12.4. The molecule has 12 heteroatoms. The summed E-state index contributed by atoms with van der Waals surface area (Å²) >= 11 is 0. The Labute approximate surface area is 244 Å². The molecule has 6 heterocycles. The Bertz CT molecular complexity index is 1600. The van der Waals surface area contributed by atoms with Gasteiger partial charge in [-0.25, -0.2) is 4.98 Å². The van der Waals surface area contributed by atoms with Crippen molar-refractivity contribution in [2.45, 2.75) is 25.8 Å². The van der Waals surface area contributed by atoms with Crippen molar-refractivity contribution in [2.75, 3.05) is 69.7 Å². The third-order valence-corrected chi connectivity index (χ3v) is 8.52. The van der Waals surface area contributed by atoms with Crippen molar-refractivity contribution in [1.82, 2.24) is 24.3 Å². The van der Waals surface area contributed by atoms with Crippen LogP contribution in [0.4, 0.5) is 17.3 Å². The number of aliphatic imine (C=N–C) groups is 1. The van der Waals surface area contributed by atoms with Crippen LogP contribution >= 0.6 is 0 Å². The molecule has 218 valence electrons. The Kier molecular flexibility index (Phi) is 7.39. The largest absolute Gasteiger partial charge is 0.381 e. The molecule has 0 amide bonds. The summed E-state index contributed by atoms with van der Waals surface area (Å²) in [5.41, 5.74) is 3.18. The van der Waals surface area contributed by atoms with Gasteiger partial charge in [-0.15, -0.1) is 5.10 Å². The van der Waals surface area contributed by atoms with Crippen molar-refractivity contribution >= 4 is 46.2 Å². The number of ether oxygens (including phenoxy) is 1. The quantitative estimate of drug-likeness (QED) is 0.483. The van der Waals surface area contributed by atoms with E-state index >= 15 is 0 Å². The number of nitrogens with one attached hydrogen (secondary N) is 1. The average Bonchev–Trinajstić information content (AvgIpc) is 3.73. The number of piperazine rings is 1. The number of aromatic nitrogens is 3. The summed E-state index contributed by atoms with van der Waals surface area (Å²) in [4.78, 5) is 35.1. The lowest BCUT2D eigenvalue weighted by molar-refractivity contribution is 0.0613. The van der Waals surface area contributed by atoms with Crippen LogP contribution in [-0.2, 0) is 11.3 Å². The summed E-state index contributed by atoms with van der Waals surface area (Å²) in [6.07, 6.45) is 6.03. The molecule has 0 atom stereocenters. The lowest BCUT2D eigenvalue weighted by atomic mass is 10.00. The number of pyridine rings is 1. The molecule has 4 aliphatic rings. The van der Waals surface area contributed by atoms with Crippen LogP contribution in [0.1, 0.15) is 24.8 Å². The Balaban J connectivity index is 1.20. The number of hydrogen-bond acceptors (Lipinski definition) is 11. The van der Waals surface area contributed by atoms with E-state index in [-0.39, 0.29) is 5.56 Å². The molecule has 1 N–H and O–H groups in total. The second kappa shape index (κ2) is 11.6. The van der Waals surface area contributed by atoms with Gasteiger partial charge in [0.1, 0.15) is 17.3 Å². The first-order valence-electron chi connectivity index (χ1n) is 14.8. The lowest BCUT2D eigenvalue weighted by Gasteiger charge is -2.34. The molecule has 1 aromatic carbocycles. The van der Waals surface area contributed by atoms with Gasteiger partial charge in [-0.2, -0.15) is 10.1 Å². The normalized spacial score (nSPS) is 19.9. The molecule has 0 aliphatic carbocycles. The number of anilines is 3. The van der Waals surface area contributed by atoms with Gasteiger partial charge in [0.15, 0.2) is 0 Å². The van der Waals surface area contributed by atoms with Crippen molar-refractivity contribution in [2.24, 2.45) is 21.1 Å². The molecule has 42 heavy (non-hydrogen) atoms. The van der Waals surface area contributed by atoms with Crippen LogP contribution in [0.25, 0.3) is 11.0 Å². The summed E-state index contributed by atoms with van der Waals surface area (Å²) in [6, 6.07) is 10.3. The Morgan fingerprint density at radius 1 is 1.05 bits per heavy atom. The van der Waals surface area contributed by atoms with Crippen molar-refractivity contribution in [3.8, 4) is 0 Å². The first-order chi connectivity index (χ1) is 20.6. The molecule has 0 spiro atoms. The van der Waals surface area contributed by atoms with E-state index in [0.29, 0.717) is 68.2 Å². The first-order valence-corrected chi connectivity index (χ1v) is 14.8. The number of fused-ring (bicyclic) bond motifs is 1. The van der Waals surface area contributed by atoms with Gasteiger partial charge in [-0.1, -0.05) is 0 Å². The van der Waals surface area contributed by atoms with Crippen molar-refractivity contribution in [3.05, 3.63) is 52.4 Å². The van der Waals surface area contributed by atoms with E-state index < -0.39 is 0 Å². The summed E-state index contributed by atoms with van der Waals surface area (Å²) < 4.78 is 7.40. The van der Waals surface area contributed by atoms with E-state index in [1.54, 1.807) is 12.4 Å². The first kappa shape index (κ1) is 26.7. The molecular formula is C30H36N10O2. The van der Waals surface area contributed by atoms with Gasteiger partial charge in [-0.3, -0.25) is 14.4 Å². The van der Waals surface area contributed by atoms with Crippen LogP contribution in [0.5, 0.6) is 0 Å². The third-order valence-electron chi connectivity index (χ3n) is 8.52. The molecule has 0 bridgehead atoms. The van der Waals surface area contributed by atoms with Gasteiger partial charge in [0.2, 0.25) is 5.95 Å². The van der Waals surface area contributed by atoms with E-state index in [2.05, 4.69) is 61.6 Å². The average molecular weight is 569 g/mol. The van der Waals surface area contributed by atoms with E-state index in [4.69, 9.17) is 14.7 Å². The highest BCUT2D eigenvalue weighted by Gasteiger charge is 2.28. The minimum Gasteiger partial charge on any atom is -0.381 e. The smallest absolute Gasteiger partial charge is 0.263 e. The van der Waals surface area contributed by atoms with Crippen molar-refractivity contribution in [1.29, 1.82) is 0 Å². The minimum absolute atomic E-state index is 0.0969. The Morgan fingerprint density at radius 3 is 2.62 bits per heavy atom. The predicted octanol–water partition coefficient (Wildman–Crippen LogP) is 2.56. The van der Waals surface area contributed by atoms with Crippen LogP contribution in [0.3, 0.4) is 0 Å². The standard InChI is InChI=1S/C30H36N10O2/c1-37-12-14-38(15-13-37)24-4-2-23(3-5-24)34-30-32-19-22-18-25(28-31-10-11-39(28)26-6-9-33-36-26)29(41)40(27(22)35-30)20-21-7-16-42-17-8-21/h2-5,9,18-19,21H,6-8,10-17,20H2,1H3,(H,32,34,35). The Morgan fingerprint density at radius 2 is 1.86 bits per heavy atom. The van der Waals surface area contributed by atoms with E-state index in [9.17, 15) is 4.79 Å².